The van der Waals surface area contributed by atoms with Crippen LogP contribution in [-0.2, 0) is 77.6 Å². The van der Waals surface area contributed by atoms with E-state index in [0.29, 0.717) is 17.1 Å². The molecule has 3 aromatic rings. The van der Waals surface area contributed by atoms with Crippen molar-refractivity contribution in [3.05, 3.63) is 35.7 Å². The molecule has 0 saturated heterocycles. The van der Waals surface area contributed by atoms with E-state index in [1.807, 2.05) is 83.1 Å². The Morgan fingerprint density at radius 3 is 1.23 bits per heavy atom. The van der Waals surface area contributed by atoms with Gasteiger partial charge < -0.3 is 18.9 Å². The maximum atomic E-state index is 12.7. The van der Waals surface area contributed by atoms with E-state index >= 15 is 0 Å². The van der Waals surface area contributed by atoms with Gasteiger partial charge in [0.2, 0.25) is 12.8 Å². The Labute approximate surface area is 357 Å². The van der Waals surface area contributed by atoms with Gasteiger partial charge in [0, 0.05) is 26.8 Å². The average Bonchev–Trinajstić information content (AvgIpc) is 3.97. The lowest BCUT2D eigenvalue weighted by Gasteiger charge is -2.32. The van der Waals surface area contributed by atoms with Gasteiger partial charge in [-0.3, -0.25) is 19.2 Å². The third-order valence-electron chi connectivity index (χ3n) is 9.71. The van der Waals surface area contributed by atoms with Crippen molar-refractivity contribution >= 4 is 29.3 Å². The van der Waals surface area contributed by atoms with Crippen LogP contribution in [0.25, 0.3) is 0 Å². The van der Waals surface area contributed by atoms with Crippen LogP contribution in [0, 0.1) is 27.1 Å². The lowest BCUT2D eigenvalue weighted by molar-refractivity contribution is -0.573. The van der Waals surface area contributed by atoms with E-state index in [1.165, 1.54) is 18.7 Å². The quantitative estimate of drug-likeness (QED) is 0.116. The molecule has 0 fully saturated rings. The number of ether oxygens (including phenoxy) is 4. The Bertz CT molecular complexity index is 1850. The van der Waals surface area contributed by atoms with Gasteiger partial charge in [0.05, 0.1) is 93.2 Å². The fourth-order valence-corrected chi connectivity index (χ4v) is 5.46. The highest BCUT2D eigenvalue weighted by molar-refractivity contribution is 5.87. The zero-order valence-corrected chi connectivity index (χ0v) is 38.0. The second-order valence-corrected chi connectivity index (χ2v) is 19.9. The van der Waals surface area contributed by atoms with Crippen molar-refractivity contribution in [1.29, 1.82) is 0 Å². The molecule has 0 aliphatic carbocycles. The van der Waals surface area contributed by atoms with Gasteiger partial charge in [0.1, 0.15) is 54.8 Å². The van der Waals surface area contributed by atoms with Crippen molar-refractivity contribution in [3.8, 4) is 0 Å². The van der Waals surface area contributed by atoms with Crippen LogP contribution in [0.5, 0.6) is 0 Å². The molecule has 20 nitrogen and oxygen atoms in total. The Morgan fingerprint density at radius 1 is 0.541 bits per heavy atom. The van der Waals surface area contributed by atoms with Gasteiger partial charge in [-0.25, -0.2) is 14.0 Å². The maximum absolute atomic E-state index is 12.7. The number of Topliss-reactive ketones (excluding diaryl/α,β-unsaturated/α-hetero) is 4. The van der Waals surface area contributed by atoms with Gasteiger partial charge in [-0.1, -0.05) is 98.7 Å². The van der Waals surface area contributed by atoms with Crippen LogP contribution in [0.1, 0.15) is 107 Å². The van der Waals surface area contributed by atoms with Crippen LogP contribution >= 0.6 is 0 Å². The fraction of sp³-hybridized carbons (Fsp3) is 0.732. The highest BCUT2D eigenvalue weighted by Crippen LogP contribution is 2.24. The summed E-state index contributed by atoms with van der Waals surface area (Å²) in [5.41, 5.74) is -1.46. The van der Waals surface area contributed by atoms with Crippen molar-refractivity contribution in [3.63, 3.8) is 0 Å². The average molecular weight is 854 g/mol. The van der Waals surface area contributed by atoms with Crippen molar-refractivity contribution in [2.24, 2.45) is 37.4 Å². The first kappa shape index (κ1) is 48.9. The first-order valence-electron chi connectivity index (χ1n) is 20.4. The molecule has 1 atom stereocenters. The van der Waals surface area contributed by atoms with Crippen LogP contribution in [0.4, 0.5) is 0 Å². The molecular weight excluding hydrogens is 789 g/mol. The number of hydrogen-bond acceptors (Lipinski definition) is 16. The molecule has 1 unspecified atom stereocenters. The van der Waals surface area contributed by atoms with Crippen LogP contribution in [0.2, 0.25) is 0 Å². The minimum atomic E-state index is -0.971. The summed E-state index contributed by atoms with van der Waals surface area (Å²) in [4.78, 5) is 50.6. The molecule has 1 aliphatic rings. The molecule has 4 heterocycles. The van der Waals surface area contributed by atoms with Crippen molar-refractivity contribution < 1.29 is 42.8 Å². The monoisotopic (exact) mass is 854 g/mol. The van der Waals surface area contributed by atoms with Crippen LogP contribution < -0.4 is 0 Å². The van der Waals surface area contributed by atoms with Gasteiger partial charge in [-0.05, 0) is 0 Å². The molecule has 0 amide bonds. The third-order valence-corrected chi connectivity index (χ3v) is 9.71. The molecule has 0 aromatic carbocycles. The second kappa shape index (κ2) is 20.4. The summed E-state index contributed by atoms with van der Waals surface area (Å²) in [6.45, 7) is 22.5. The largest absolute Gasteiger partial charge is 0.358 e. The molecule has 20 heteroatoms. The van der Waals surface area contributed by atoms with Gasteiger partial charge >= 0.3 is 0 Å². The van der Waals surface area contributed by atoms with Crippen LogP contribution in [0.15, 0.2) is 28.9 Å². The van der Waals surface area contributed by atoms with Gasteiger partial charge in [-0.15, -0.1) is 20.0 Å². The van der Waals surface area contributed by atoms with E-state index in [0.717, 1.165) is 0 Å². The normalized spacial score (nSPS) is 15.1. The summed E-state index contributed by atoms with van der Waals surface area (Å²) in [5.74, 6) is 0.178. The number of hydrogen-bond donors (Lipinski definition) is 0. The molecule has 0 bridgehead atoms. The first-order chi connectivity index (χ1) is 28.3. The highest BCUT2D eigenvalue weighted by atomic mass is 16.5. The van der Waals surface area contributed by atoms with E-state index in [2.05, 4.69) is 41.3 Å². The van der Waals surface area contributed by atoms with E-state index in [1.54, 1.807) is 24.8 Å². The van der Waals surface area contributed by atoms with E-state index < -0.39 is 33.1 Å². The summed E-state index contributed by atoms with van der Waals surface area (Å²) < 4.78 is 31.0. The molecule has 0 saturated carbocycles. The molecular formula is C41H65N12O8+. The summed E-state index contributed by atoms with van der Waals surface area (Å²) in [5, 5.41) is 33.4. The molecule has 4 rings (SSSR count). The molecule has 1 aliphatic heterocycles. The van der Waals surface area contributed by atoms with Crippen molar-refractivity contribution in [1.82, 2.24) is 45.0 Å². The summed E-state index contributed by atoms with van der Waals surface area (Å²) in [7, 11) is 0. The zero-order valence-electron chi connectivity index (χ0n) is 38.0. The number of carbonyl (C=O) groups excluding carboxylic acids is 4. The summed E-state index contributed by atoms with van der Waals surface area (Å²) >= 11 is 0. The fourth-order valence-electron chi connectivity index (χ4n) is 5.46. The smallest absolute Gasteiger partial charge is 0.229 e. The number of rotatable bonds is 24. The Morgan fingerprint density at radius 2 is 0.885 bits per heavy atom. The lowest BCUT2D eigenvalue weighted by atomic mass is 9.87. The minimum Gasteiger partial charge on any atom is -0.358 e. The molecule has 0 N–H and O–H groups in total. The zero-order chi connectivity index (χ0) is 45.2. The number of carbonyl (C=O) groups is 4. The standard InChI is InChI=1S/C41H65N12O8/c1-37(2,3)33(54)13-29-17-50(46-42-29)25-58-21-41(22-59-26-51-18-30(43-47-51)14-34(55)38(4,5)6,23-60-27-52-19-31(44-48-52)15-35(56)39(7,8)9)24-61-28-53-20-32(45-49-53)16-36(57)40(10,11)12/h17-20,29H,13-16,21-28H2,1-12H3/q+1. The topological polar surface area (TPSA) is 225 Å². The predicted octanol–water partition coefficient (Wildman–Crippen LogP) is 4.06. The molecule has 61 heavy (non-hydrogen) atoms. The molecule has 3 aromatic heterocycles. The van der Waals surface area contributed by atoms with Gasteiger partial charge in [-0.2, -0.15) is 0 Å². The highest BCUT2D eigenvalue weighted by Gasteiger charge is 2.35. The molecule has 0 spiro atoms. The Balaban J connectivity index is 1.52. The Kier molecular flexibility index (Phi) is 16.3. The summed E-state index contributed by atoms with van der Waals surface area (Å²) in [6, 6.07) is -0.404. The minimum absolute atomic E-state index is 0.00145. The Hall–Kier alpha value is -4.79. The van der Waals surface area contributed by atoms with Crippen LogP contribution in [-0.4, -0.2) is 118 Å². The summed E-state index contributed by atoms with van der Waals surface area (Å²) in [6.07, 6.45) is 7.40. The van der Waals surface area contributed by atoms with Crippen molar-refractivity contribution in [2.45, 2.75) is 135 Å². The van der Waals surface area contributed by atoms with E-state index in [-0.39, 0.29) is 102 Å². The van der Waals surface area contributed by atoms with Gasteiger partial charge in [0.25, 0.3) is 0 Å². The number of aromatic nitrogens is 9. The molecule has 0 radical (unpaired) electrons. The third kappa shape index (κ3) is 15.9. The van der Waals surface area contributed by atoms with E-state index in [9.17, 15) is 19.2 Å². The molecule has 336 valence electrons. The van der Waals surface area contributed by atoms with Crippen molar-refractivity contribution in [2.75, 3.05) is 33.2 Å². The number of ketones is 4. The van der Waals surface area contributed by atoms with Gasteiger partial charge in [0.15, 0.2) is 0 Å². The number of nitrogens with zero attached hydrogens (tertiary/aromatic N) is 12. The first-order valence-corrected chi connectivity index (χ1v) is 20.4. The van der Waals surface area contributed by atoms with Crippen LogP contribution in [0.3, 0.4) is 0 Å². The SMILES string of the molecule is CC(C)(C)C(=O)Cc1cn(COCC(COCn2cc(CC(=O)C(C)(C)C)nn2)(COCn2cc(CC(=O)C(C)(C)C)nn2)COC[N+]2=CC(CC(=O)C(C)(C)C)N=N2)nn1. The van der Waals surface area contributed by atoms with E-state index in [4.69, 9.17) is 18.9 Å². The maximum Gasteiger partial charge on any atom is 0.229 e. The second-order valence-electron chi connectivity index (χ2n) is 19.9. The predicted molar refractivity (Wildman–Crippen MR) is 220 cm³/mol. The lowest BCUT2D eigenvalue weighted by Crippen LogP contribution is -2.42.